The van der Waals surface area contributed by atoms with Crippen LogP contribution in [0.15, 0.2) is 36.7 Å². The number of hydrogen-bond donors (Lipinski definition) is 0. The number of halogens is 3. The molecule has 0 amide bonds. The molecule has 0 saturated heterocycles. The van der Waals surface area contributed by atoms with Gasteiger partial charge in [-0.05, 0) is 18.2 Å². The SMILES string of the molecule is Cn1cc(-c2cc(Cl)nc(-c3ccc(Cl)c(F)c3)n2)cn1. The van der Waals surface area contributed by atoms with Crippen molar-refractivity contribution < 1.29 is 4.39 Å². The average molecular weight is 323 g/mol. The quantitative estimate of drug-likeness (QED) is 0.670. The molecule has 0 aliphatic carbocycles. The van der Waals surface area contributed by atoms with Crippen LogP contribution in [0.1, 0.15) is 0 Å². The first kappa shape index (κ1) is 14.0. The Morgan fingerprint density at radius 2 is 1.90 bits per heavy atom. The predicted molar refractivity (Wildman–Crippen MR) is 79.6 cm³/mol. The Morgan fingerprint density at radius 1 is 1.10 bits per heavy atom. The van der Waals surface area contributed by atoms with Crippen LogP contribution in [0.25, 0.3) is 22.6 Å². The van der Waals surface area contributed by atoms with Gasteiger partial charge in [-0.3, -0.25) is 4.68 Å². The lowest BCUT2D eigenvalue weighted by Gasteiger charge is -2.05. The van der Waals surface area contributed by atoms with Crippen molar-refractivity contribution in [2.45, 2.75) is 0 Å². The van der Waals surface area contributed by atoms with Gasteiger partial charge in [0.1, 0.15) is 11.0 Å². The highest BCUT2D eigenvalue weighted by atomic mass is 35.5. The minimum atomic E-state index is -0.527. The van der Waals surface area contributed by atoms with Crippen molar-refractivity contribution in [1.82, 2.24) is 19.7 Å². The largest absolute Gasteiger partial charge is 0.275 e. The normalized spacial score (nSPS) is 10.9. The van der Waals surface area contributed by atoms with E-state index < -0.39 is 5.82 Å². The Labute approximate surface area is 130 Å². The molecule has 0 N–H and O–H groups in total. The van der Waals surface area contributed by atoms with E-state index in [0.717, 1.165) is 5.56 Å². The lowest BCUT2D eigenvalue weighted by molar-refractivity contribution is 0.628. The van der Waals surface area contributed by atoms with Crippen molar-refractivity contribution in [3.63, 3.8) is 0 Å². The van der Waals surface area contributed by atoms with E-state index in [-0.39, 0.29) is 10.2 Å². The molecule has 0 spiro atoms. The number of aromatic nitrogens is 4. The Morgan fingerprint density at radius 3 is 2.57 bits per heavy atom. The second-order valence-corrected chi connectivity index (χ2v) is 5.23. The Hall–Kier alpha value is -1.98. The highest BCUT2D eigenvalue weighted by Crippen LogP contribution is 2.26. The van der Waals surface area contributed by atoms with Crippen LogP contribution in [0.4, 0.5) is 4.39 Å². The predicted octanol–water partition coefficient (Wildman–Crippen LogP) is 3.99. The summed E-state index contributed by atoms with van der Waals surface area (Å²) in [6.07, 6.45) is 3.48. The van der Waals surface area contributed by atoms with E-state index >= 15 is 0 Å². The smallest absolute Gasteiger partial charge is 0.161 e. The Balaban J connectivity index is 2.11. The molecule has 4 nitrogen and oxygen atoms in total. The first-order chi connectivity index (χ1) is 10.0. The second kappa shape index (κ2) is 5.42. The van der Waals surface area contributed by atoms with E-state index in [1.54, 1.807) is 23.0 Å². The van der Waals surface area contributed by atoms with Crippen LogP contribution in [0.2, 0.25) is 10.2 Å². The lowest BCUT2D eigenvalue weighted by atomic mass is 10.2. The van der Waals surface area contributed by atoms with Gasteiger partial charge < -0.3 is 0 Å². The molecule has 1 aromatic carbocycles. The maximum Gasteiger partial charge on any atom is 0.161 e. The summed E-state index contributed by atoms with van der Waals surface area (Å²) in [7, 11) is 1.81. The van der Waals surface area contributed by atoms with Gasteiger partial charge in [-0.1, -0.05) is 23.2 Å². The van der Waals surface area contributed by atoms with Crippen molar-refractivity contribution in [3.05, 3.63) is 52.7 Å². The van der Waals surface area contributed by atoms with Crippen LogP contribution in [-0.2, 0) is 7.05 Å². The van der Waals surface area contributed by atoms with E-state index in [0.29, 0.717) is 17.1 Å². The molecule has 106 valence electrons. The first-order valence-electron chi connectivity index (χ1n) is 6.02. The van der Waals surface area contributed by atoms with Gasteiger partial charge in [-0.2, -0.15) is 5.10 Å². The van der Waals surface area contributed by atoms with Gasteiger partial charge in [0.15, 0.2) is 5.82 Å². The fourth-order valence-electron chi connectivity index (χ4n) is 1.88. The number of benzene rings is 1. The maximum atomic E-state index is 13.6. The maximum absolute atomic E-state index is 13.6. The van der Waals surface area contributed by atoms with Crippen molar-refractivity contribution in [3.8, 4) is 22.6 Å². The van der Waals surface area contributed by atoms with Crippen molar-refractivity contribution >= 4 is 23.2 Å². The standard InChI is InChI=1S/C14H9Cl2FN4/c1-21-7-9(6-18-21)12-5-13(16)20-14(19-12)8-2-3-10(15)11(17)4-8/h2-7H,1H3. The Bertz CT molecular complexity index is 816. The zero-order valence-corrected chi connectivity index (χ0v) is 12.4. The van der Waals surface area contributed by atoms with Crippen LogP contribution in [0.3, 0.4) is 0 Å². The number of aryl methyl sites for hydroxylation is 1. The molecule has 2 aromatic heterocycles. The summed E-state index contributed by atoms with van der Waals surface area (Å²) in [4.78, 5) is 8.52. The molecular weight excluding hydrogens is 314 g/mol. The molecule has 0 aliphatic rings. The van der Waals surface area contributed by atoms with Crippen molar-refractivity contribution in [1.29, 1.82) is 0 Å². The van der Waals surface area contributed by atoms with Crippen LogP contribution in [0.5, 0.6) is 0 Å². The zero-order chi connectivity index (χ0) is 15.0. The third-order valence-corrected chi connectivity index (χ3v) is 3.37. The lowest BCUT2D eigenvalue weighted by Crippen LogP contribution is -1.93. The van der Waals surface area contributed by atoms with Crippen LogP contribution in [-0.4, -0.2) is 19.7 Å². The van der Waals surface area contributed by atoms with E-state index in [1.165, 1.54) is 12.1 Å². The number of hydrogen-bond acceptors (Lipinski definition) is 3. The first-order valence-corrected chi connectivity index (χ1v) is 6.77. The van der Waals surface area contributed by atoms with E-state index in [2.05, 4.69) is 15.1 Å². The van der Waals surface area contributed by atoms with Gasteiger partial charge in [-0.15, -0.1) is 0 Å². The zero-order valence-electron chi connectivity index (χ0n) is 10.9. The summed E-state index contributed by atoms with van der Waals surface area (Å²) >= 11 is 11.7. The molecule has 7 heteroatoms. The molecule has 21 heavy (non-hydrogen) atoms. The molecule has 0 fully saturated rings. The van der Waals surface area contributed by atoms with Gasteiger partial charge in [-0.25, -0.2) is 14.4 Å². The molecule has 0 atom stereocenters. The third kappa shape index (κ3) is 2.89. The highest BCUT2D eigenvalue weighted by Gasteiger charge is 2.11. The summed E-state index contributed by atoms with van der Waals surface area (Å²) in [5, 5.41) is 4.41. The van der Waals surface area contributed by atoms with E-state index in [9.17, 15) is 4.39 Å². The van der Waals surface area contributed by atoms with E-state index in [4.69, 9.17) is 23.2 Å². The highest BCUT2D eigenvalue weighted by molar-refractivity contribution is 6.30. The summed E-state index contributed by atoms with van der Waals surface area (Å²) < 4.78 is 15.2. The van der Waals surface area contributed by atoms with Crippen LogP contribution >= 0.6 is 23.2 Å². The third-order valence-electron chi connectivity index (χ3n) is 2.87. The molecule has 0 unspecified atom stereocenters. The molecule has 3 aromatic rings. The fraction of sp³-hybridized carbons (Fsp3) is 0.0714. The van der Waals surface area contributed by atoms with Crippen LogP contribution in [0, 0.1) is 5.82 Å². The van der Waals surface area contributed by atoms with Gasteiger partial charge in [0.25, 0.3) is 0 Å². The van der Waals surface area contributed by atoms with Gasteiger partial charge in [0, 0.05) is 30.4 Å². The second-order valence-electron chi connectivity index (χ2n) is 4.43. The molecule has 0 radical (unpaired) electrons. The monoisotopic (exact) mass is 322 g/mol. The summed E-state index contributed by atoms with van der Waals surface area (Å²) in [5.41, 5.74) is 1.93. The topological polar surface area (TPSA) is 43.6 Å². The van der Waals surface area contributed by atoms with Crippen molar-refractivity contribution in [2.24, 2.45) is 7.05 Å². The molecule has 2 heterocycles. The fourth-order valence-corrected chi connectivity index (χ4v) is 2.18. The summed E-state index contributed by atoms with van der Waals surface area (Å²) in [6.45, 7) is 0. The van der Waals surface area contributed by atoms with E-state index in [1.807, 2.05) is 13.2 Å². The van der Waals surface area contributed by atoms with Gasteiger partial charge >= 0.3 is 0 Å². The number of nitrogens with zero attached hydrogens (tertiary/aromatic N) is 4. The van der Waals surface area contributed by atoms with Gasteiger partial charge in [0.05, 0.1) is 16.9 Å². The molecule has 0 aliphatic heterocycles. The number of rotatable bonds is 2. The molecule has 0 saturated carbocycles. The molecule has 3 rings (SSSR count). The summed E-state index contributed by atoms with van der Waals surface area (Å²) in [6, 6.07) is 6.01. The average Bonchev–Trinajstić information content (AvgIpc) is 2.88. The molecule has 0 bridgehead atoms. The molecular formula is C14H9Cl2FN4. The van der Waals surface area contributed by atoms with Gasteiger partial charge in [0.2, 0.25) is 0 Å². The summed E-state index contributed by atoms with van der Waals surface area (Å²) in [5.74, 6) is -0.197. The minimum Gasteiger partial charge on any atom is -0.275 e. The Kier molecular flexibility index (Phi) is 3.61. The van der Waals surface area contributed by atoms with Crippen molar-refractivity contribution in [2.75, 3.05) is 0 Å². The van der Waals surface area contributed by atoms with Crippen LogP contribution < -0.4 is 0 Å². The minimum absolute atomic E-state index is 0.0493.